The molecule has 0 spiro atoms. The molecule has 10 heteroatoms. The zero-order valence-electron chi connectivity index (χ0n) is 17.3. The lowest BCUT2D eigenvalue weighted by molar-refractivity contribution is -0.116. The van der Waals surface area contributed by atoms with E-state index < -0.39 is 5.91 Å². The van der Waals surface area contributed by atoms with E-state index in [2.05, 4.69) is 26.0 Å². The summed E-state index contributed by atoms with van der Waals surface area (Å²) < 4.78 is 8.12. The highest BCUT2D eigenvalue weighted by Gasteiger charge is 2.13. The van der Waals surface area contributed by atoms with Gasteiger partial charge in [-0.2, -0.15) is 5.10 Å². The second kappa shape index (κ2) is 9.56. The Morgan fingerprint density at radius 1 is 0.938 bits per heavy atom. The van der Waals surface area contributed by atoms with Crippen LogP contribution >= 0.6 is 0 Å². The molecule has 0 radical (unpaired) electrons. The van der Waals surface area contributed by atoms with E-state index >= 15 is 0 Å². The van der Waals surface area contributed by atoms with Crippen LogP contribution in [0.25, 0.3) is 0 Å². The van der Waals surface area contributed by atoms with Crippen LogP contribution in [0.2, 0.25) is 0 Å². The molecule has 0 atom stereocenters. The molecule has 2 amide bonds. The monoisotopic (exact) mass is 431 g/mol. The van der Waals surface area contributed by atoms with Crippen LogP contribution in [0, 0.1) is 0 Å². The predicted octanol–water partition coefficient (Wildman–Crippen LogP) is 2.42. The lowest BCUT2D eigenvalue weighted by atomic mass is 10.2. The van der Waals surface area contributed by atoms with Crippen molar-refractivity contribution in [3.05, 3.63) is 84.4 Å². The van der Waals surface area contributed by atoms with Crippen molar-refractivity contribution in [2.24, 2.45) is 0 Å². The van der Waals surface area contributed by atoms with E-state index in [0.717, 1.165) is 5.56 Å². The molecular weight excluding hydrogens is 410 g/mol. The van der Waals surface area contributed by atoms with Crippen LogP contribution in [0.3, 0.4) is 0 Å². The van der Waals surface area contributed by atoms with Gasteiger partial charge in [0.1, 0.15) is 12.3 Å². The standard InChI is InChI=1S/C22H21N7O3/c1-32-19-9-7-17(8-10-19)24-21(30)15-28-13-18(11-23-28)25-22(31)20-14-29(27-26-20)12-16-5-3-2-4-6-16/h2-11,13-14H,12,15H2,1H3,(H,24,30)(H,25,31). The summed E-state index contributed by atoms with van der Waals surface area (Å²) in [6.45, 7) is 0.511. The van der Waals surface area contributed by atoms with Gasteiger partial charge in [-0.25, -0.2) is 4.68 Å². The summed E-state index contributed by atoms with van der Waals surface area (Å²) >= 11 is 0. The van der Waals surface area contributed by atoms with Gasteiger partial charge >= 0.3 is 0 Å². The Labute approximate surface area is 183 Å². The highest BCUT2D eigenvalue weighted by atomic mass is 16.5. The summed E-state index contributed by atoms with van der Waals surface area (Å²) in [6, 6.07) is 16.8. The van der Waals surface area contributed by atoms with Crippen LogP contribution in [0.15, 0.2) is 73.2 Å². The molecule has 2 heterocycles. The number of methoxy groups -OCH3 is 1. The zero-order chi connectivity index (χ0) is 22.3. The molecule has 0 aliphatic rings. The molecule has 4 rings (SSSR count). The van der Waals surface area contributed by atoms with Crippen molar-refractivity contribution in [2.45, 2.75) is 13.1 Å². The van der Waals surface area contributed by atoms with Crippen molar-refractivity contribution < 1.29 is 14.3 Å². The second-order valence-corrected chi connectivity index (χ2v) is 6.94. The summed E-state index contributed by atoms with van der Waals surface area (Å²) in [5.41, 5.74) is 2.34. The smallest absolute Gasteiger partial charge is 0.277 e. The van der Waals surface area contributed by atoms with Gasteiger partial charge < -0.3 is 15.4 Å². The van der Waals surface area contributed by atoms with Crippen LogP contribution < -0.4 is 15.4 Å². The van der Waals surface area contributed by atoms with E-state index in [1.54, 1.807) is 48.5 Å². The third-order valence-corrected chi connectivity index (χ3v) is 4.53. The van der Waals surface area contributed by atoms with Crippen LogP contribution in [-0.2, 0) is 17.9 Å². The Morgan fingerprint density at radius 2 is 1.72 bits per heavy atom. The van der Waals surface area contributed by atoms with E-state index in [4.69, 9.17) is 4.74 Å². The lowest BCUT2D eigenvalue weighted by Gasteiger charge is -2.06. The number of carbonyl (C=O) groups excluding carboxylic acids is 2. The Hall–Kier alpha value is -4.47. The highest BCUT2D eigenvalue weighted by Crippen LogP contribution is 2.15. The Bertz CT molecular complexity index is 1200. The first-order valence-corrected chi connectivity index (χ1v) is 9.81. The Balaban J connectivity index is 1.30. The molecule has 0 bridgehead atoms. The van der Waals surface area contributed by atoms with E-state index in [0.29, 0.717) is 23.7 Å². The fourth-order valence-electron chi connectivity index (χ4n) is 2.98. The van der Waals surface area contributed by atoms with Gasteiger partial charge in [-0.15, -0.1) is 5.10 Å². The summed E-state index contributed by atoms with van der Waals surface area (Å²) in [4.78, 5) is 24.7. The van der Waals surface area contributed by atoms with Crippen molar-refractivity contribution in [3.63, 3.8) is 0 Å². The van der Waals surface area contributed by atoms with Crippen LogP contribution in [0.1, 0.15) is 16.1 Å². The van der Waals surface area contributed by atoms with E-state index in [-0.39, 0.29) is 18.1 Å². The van der Waals surface area contributed by atoms with Gasteiger partial charge in [-0.3, -0.25) is 14.3 Å². The van der Waals surface area contributed by atoms with Crippen molar-refractivity contribution >= 4 is 23.2 Å². The van der Waals surface area contributed by atoms with Gasteiger partial charge in [-0.05, 0) is 29.8 Å². The minimum atomic E-state index is -0.411. The molecular formula is C22H21N7O3. The van der Waals surface area contributed by atoms with Gasteiger partial charge in [0.15, 0.2) is 5.69 Å². The quantitative estimate of drug-likeness (QED) is 0.443. The zero-order valence-corrected chi connectivity index (χ0v) is 17.3. The molecule has 4 aromatic rings. The number of aromatic nitrogens is 5. The molecule has 0 unspecified atom stereocenters. The predicted molar refractivity (Wildman–Crippen MR) is 117 cm³/mol. The van der Waals surface area contributed by atoms with E-state index in [1.807, 2.05) is 30.3 Å². The summed E-state index contributed by atoms with van der Waals surface area (Å²) in [7, 11) is 1.58. The van der Waals surface area contributed by atoms with Crippen molar-refractivity contribution in [2.75, 3.05) is 17.7 Å². The maximum Gasteiger partial charge on any atom is 0.277 e. The number of amides is 2. The van der Waals surface area contributed by atoms with Gasteiger partial charge in [0.25, 0.3) is 5.91 Å². The van der Waals surface area contributed by atoms with E-state index in [1.165, 1.54) is 10.9 Å². The second-order valence-electron chi connectivity index (χ2n) is 6.94. The number of benzene rings is 2. The van der Waals surface area contributed by atoms with Crippen LogP contribution in [-0.4, -0.2) is 43.7 Å². The number of anilines is 2. The number of hydrogen-bond acceptors (Lipinski definition) is 6. The molecule has 0 aliphatic heterocycles. The molecule has 0 saturated heterocycles. The molecule has 2 aromatic heterocycles. The molecule has 10 nitrogen and oxygen atoms in total. The molecule has 162 valence electrons. The van der Waals surface area contributed by atoms with Crippen molar-refractivity contribution in [3.8, 4) is 5.75 Å². The first-order chi connectivity index (χ1) is 15.6. The Kier molecular flexibility index (Phi) is 6.21. The third-order valence-electron chi connectivity index (χ3n) is 4.53. The summed E-state index contributed by atoms with van der Waals surface area (Å²) in [5.74, 6) is 0.0436. The fraction of sp³-hybridized carbons (Fsp3) is 0.136. The van der Waals surface area contributed by atoms with Crippen LogP contribution in [0.5, 0.6) is 5.75 Å². The molecule has 0 fully saturated rings. The van der Waals surface area contributed by atoms with Gasteiger partial charge in [0.2, 0.25) is 5.91 Å². The molecule has 0 aliphatic carbocycles. The summed E-state index contributed by atoms with van der Waals surface area (Å²) in [5, 5.41) is 17.5. The normalized spacial score (nSPS) is 10.5. The van der Waals surface area contributed by atoms with Gasteiger partial charge in [0, 0.05) is 11.9 Å². The number of rotatable bonds is 8. The average Bonchev–Trinajstić information content (AvgIpc) is 3.44. The number of nitrogens with one attached hydrogen (secondary N) is 2. The largest absolute Gasteiger partial charge is 0.497 e. The fourth-order valence-corrected chi connectivity index (χ4v) is 2.98. The maximum absolute atomic E-state index is 12.5. The molecule has 2 N–H and O–H groups in total. The summed E-state index contributed by atoms with van der Waals surface area (Å²) in [6.07, 6.45) is 4.61. The first-order valence-electron chi connectivity index (χ1n) is 9.81. The SMILES string of the molecule is COc1ccc(NC(=O)Cn2cc(NC(=O)c3cn(Cc4ccccc4)nn3)cn2)cc1. The third kappa shape index (κ3) is 5.36. The number of carbonyl (C=O) groups is 2. The minimum Gasteiger partial charge on any atom is -0.497 e. The maximum atomic E-state index is 12.5. The molecule has 0 saturated carbocycles. The van der Waals surface area contributed by atoms with Crippen LogP contribution in [0.4, 0.5) is 11.4 Å². The van der Waals surface area contributed by atoms with E-state index in [9.17, 15) is 9.59 Å². The van der Waals surface area contributed by atoms with Crippen molar-refractivity contribution in [1.82, 2.24) is 24.8 Å². The molecule has 32 heavy (non-hydrogen) atoms. The Morgan fingerprint density at radius 3 is 2.47 bits per heavy atom. The number of ether oxygens (including phenoxy) is 1. The number of nitrogens with zero attached hydrogens (tertiary/aromatic N) is 5. The number of hydrogen-bond donors (Lipinski definition) is 2. The lowest BCUT2D eigenvalue weighted by Crippen LogP contribution is -2.19. The highest BCUT2D eigenvalue weighted by molar-refractivity contribution is 6.02. The van der Waals surface area contributed by atoms with Gasteiger partial charge in [0.05, 0.1) is 31.7 Å². The first kappa shape index (κ1) is 20.8. The minimum absolute atomic E-state index is 0.00480. The topological polar surface area (TPSA) is 116 Å². The van der Waals surface area contributed by atoms with Gasteiger partial charge in [-0.1, -0.05) is 35.5 Å². The van der Waals surface area contributed by atoms with Crippen molar-refractivity contribution in [1.29, 1.82) is 0 Å². The average molecular weight is 431 g/mol. The molecule has 2 aromatic carbocycles.